The third-order valence-electron chi connectivity index (χ3n) is 3.50. The predicted octanol–water partition coefficient (Wildman–Crippen LogP) is 1.79. The predicted molar refractivity (Wildman–Crippen MR) is 75.2 cm³/mol. The van der Waals surface area contributed by atoms with Gasteiger partial charge in [-0.15, -0.1) is 0 Å². The molecule has 1 aromatic heterocycles. The van der Waals surface area contributed by atoms with E-state index in [0.717, 1.165) is 0 Å². The van der Waals surface area contributed by atoms with Gasteiger partial charge in [0.15, 0.2) is 5.82 Å². The van der Waals surface area contributed by atoms with Crippen LogP contribution in [0, 0.1) is 0 Å². The van der Waals surface area contributed by atoms with Crippen molar-refractivity contribution in [3.63, 3.8) is 0 Å². The van der Waals surface area contributed by atoms with Crippen LogP contribution in [0.4, 0.5) is 0 Å². The highest BCUT2D eigenvalue weighted by molar-refractivity contribution is 5.76. The van der Waals surface area contributed by atoms with Crippen molar-refractivity contribution in [1.29, 1.82) is 0 Å². The van der Waals surface area contributed by atoms with E-state index < -0.39 is 5.60 Å². The molecule has 114 valence electrons. The molecule has 0 fully saturated rings. The number of aryl methyl sites for hydroxylation is 1. The molecule has 0 aliphatic carbocycles. The summed E-state index contributed by atoms with van der Waals surface area (Å²) >= 11 is 0. The van der Waals surface area contributed by atoms with Crippen molar-refractivity contribution in [2.24, 2.45) is 0 Å². The van der Waals surface area contributed by atoms with E-state index in [0.29, 0.717) is 31.0 Å². The number of aliphatic hydroxyl groups is 1. The molecule has 0 saturated carbocycles. The molecule has 0 aromatic carbocycles. The molecular formula is C14H25N3O3. The summed E-state index contributed by atoms with van der Waals surface area (Å²) in [7, 11) is 0. The second kappa shape index (κ2) is 7.38. The highest BCUT2D eigenvalue weighted by atomic mass is 16.5. The Labute approximate surface area is 120 Å². The maximum Gasteiger partial charge on any atom is 0.227 e. The number of nitrogens with one attached hydrogen (secondary N) is 1. The fourth-order valence-corrected chi connectivity index (χ4v) is 1.68. The number of amides is 1. The fourth-order valence-electron chi connectivity index (χ4n) is 1.68. The van der Waals surface area contributed by atoms with E-state index in [2.05, 4.69) is 15.5 Å². The van der Waals surface area contributed by atoms with E-state index in [1.54, 1.807) is 0 Å². The van der Waals surface area contributed by atoms with Crippen LogP contribution < -0.4 is 5.32 Å². The Balaban J connectivity index is 2.36. The van der Waals surface area contributed by atoms with Gasteiger partial charge in [-0.1, -0.05) is 32.9 Å². The summed E-state index contributed by atoms with van der Waals surface area (Å²) < 4.78 is 5.07. The maximum atomic E-state index is 11.7. The molecule has 6 heteroatoms. The van der Waals surface area contributed by atoms with Gasteiger partial charge in [-0.25, -0.2) is 0 Å². The van der Waals surface area contributed by atoms with Crippen molar-refractivity contribution in [2.45, 2.75) is 64.9 Å². The quantitative estimate of drug-likeness (QED) is 0.759. The Kier molecular flexibility index (Phi) is 6.13. The minimum absolute atomic E-state index is 0.116. The van der Waals surface area contributed by atoms with Crippen LogP contribution in [0.25, 0.3) is 0 Å². The molecule has 0 saturated heterocycles. The number of hydrogen-bond donors (Lipinski definition) is 2. The first kappa shape index (κ1) is 16.6. The highest BCUT2D eigenvalue weighted by Crippen LogP contribution is 2.13. The van der Waals surface area contributed by atoms with Crippen LogP contribution in [0.2, 0.25) is 0 Å². The van der Waals surface area contributed by atoms with Crippen molar-refractivity contribution >= 4 is 5.91 Å². The molecule has 1 heterocycles. The van der Waals surface area contributed by atoms with Crippen LogP contribution in [0.15, 0.2) is 4.52 Å². The number of rotatable bonds is 8. The van der Waals surface area contributed by atoms with Gasteiger partial charge in [0.05, 0.1) is 5.60 Å². The van der Waals surface area contributed by atoms with E-state index in [4.69, 9.17) is 4.52 Å². The summed E-state index contributed by atoms with van der Waals surface area (Å²) in [6.45, 7) is 8.05. The average molecular weight is 283 g/mol. The van der Waals surface area contributed by atoms with Crippen LogP contribution in [-0.2, 0) is 11.2 Å². The van der Waals surface area contributed by atoms with Gasteiger partial charge in [0.2, 0.25) is 11.8 Å². The zero-order valence-corrected chi connectivity index (χ0v) is 12.8. The summed E-state index contributed by atoms with van der Waals surface area (Å²) in [5.41, 5.74) is -0.815. The minimum Gasteiger partial charge on any atom is -0.388 e. The Morgan fingerprint density at radius 3 is 2.55 bits per heavy atom. The number of aromatic nitrogens is 2. The molecule has 1 amide bonds. The van der Waals surface area contributed by atoms with Crippen LogP contribution >= 0.6 is 0 Å². The third-order valence-corrected chi connectivity index (χ3v) is 3.50. The number of carbonyl (C=O) groups is 1. The van der Waals surface area contributed by atoms with E-state index in [1.807, 2.05) is 27.7 Å². The fraction of sp³-hybridized carbons (Fsp3) is 0.786. The maximum absolute atomic E-state index is 11.7. The second-order valence-corrected chi connectivity index (χ2v) is 5.41. The van der Waals surface area contributed by atoms with Crippen molar-refractivity contribution in [3.05, 3.63) is 11.7 Å². The summed E-state index contributed by atoms with van der Waals surface area (Å²) in [4.78, 5) is 15.9. The van der Waals surface area contributed by atoms with Crippen molar-refractivity contribution < 1.29 is 14.4 Å². The number of nitrogens with zero attached hydrogens (tertiary/aromatic N) is 2. The van der Waals surface area contributed by atoms with Gasteiger partial charge in [0.25, 0.3) is 0 Å². The Bertz CT molecular complexity index is 425. The van der Waals surface area contributed by atoms with Gasteiger partial charge in [-0.2, -0.15) is 4.98 Å². The van der Waals surface area contributed by atoms with Crippen molar-refractivity contribution in [1.82, 2.24) is 15.5 Å². The van der Waals surface area contributed by atoms with Crippen molar-refractivity contribution in [3.8, 4) is 0 Å². The zero-order valence-electron chi connectivity index (χ0n) is 12.8. The summed E-state index contributed by atoms with van der Waals surface area (Å²) in [6.07, 6.45) is 1.93. The van der Waals surface area contributed by atoms with Crippen LogP contribution in [0.1, 0.15) is 64.6 Å². The Morgan fingerprint density at radius 2 is 2.05 bits per heavy atom. The molecule has 0 bridgehead atoms. The van der Waals surface area contributed by atoms with Crippen molar-refractivity contribution in [2.75, 3.05) is 6.54 Å². The van der Waals surface area contributed by atoms with Gasteiger partial charge in [0, 0.05) is 25.3 Å². The first-order valence-electron chi connectivity index (χ1n) is 7.21. The Hall–Kier alpha value is -1.43. The largest absolute Gasteiger partial charge is 0.388 e. The molecule has 2 N–H and O–H groups in total. The third kappa shape index (κ3) is 4.92. The minimum atomic E-state index is -0.815. The second-order valence-electron chi connectivity index (χ2n) is 5.41. The lowest BCUT2D eigenvalue weighted by molar-refractivity contribution is -0.122. The first-order valence-corrected chi connectivity index (χ1v) is 7.21. The molecular weight excluding hydrogens is 258 g/mol. The van der Waals surface area contributed by atoms with Gasteiger partial charge in [-0.05, 0) is 12.8 Å². The smallest absolute Gasteiger partial charge is 0.227 e. The monoisotopic (exact) mass is 283 g/mol. The summed E-state index contributed by atoms with van der Waals surface area (Å²) in [5.74, 6) is 1.23. The van der Waals surface area contributed by atoms with E-state index >= 15 is 0 Å². The molecule has 0 spiro atoms. The lowest BCUT2D eigenvalue weighted by Crippen LogP contribution is -2.42. The SMILES string of the molecule is CCC(O)(CC)CNC(=O)CCc1nc(C(C)C)no1. The highest BCUT2D eigenvalue weighted by Gasteiger charge is 2.22. The van der Waals surface area contributed by atoms with E-state index in [9.17, 15) is 9.90 Å². The molecule has 0 atom stereocenters. The number of hydrogen-bond acceptors (Lipinski definition) is 5. The standard InChI is InChI=1S/C14H25N3O3/c1-5-14(19,6-2)9-15-11(18)7-8-12-16-13(10(3)4)17-20-12/h10,19H,5-9H2,1-4H3,(H,15,18). The summed E-state index contributed by atoms with van der Waals surface area (Å²) in [6, 6.07) is 0. The van der Waals surface area contributed by atoms with Crippen LogP contribution in [-0.4, -0.2) is 33.3 Å². The lowest BCUT2D eigenvalue weighted by Gasteiger charge is -2.25. The number of carbonyl (C=O) groups excluding carboxylic acids is 1. The average Bonchev–Trinajstić information content (AvgIpc) is 2.91. The first-order chi connectivity index (χ1) is 9.40. The summed E-state index contributed by atoms with van der Waals surface area (Å²) in [5, 5.41) is 16.7. The van der Waals surface area contributed by atoms with Crippen LogP contribution in [0.3, 0.4) is 0 Å². The molecule has 0 aliphatic rings. The molecule has 1 aromatic rings. The molecule has 0 unspecified atom stereocenters. The normalized spacial score (nSPS) is 11.9. The van der Waals surface area contributed by atoms with Gasteiger partial charge < -0.3 is 14.9 Å². The van der Waals surface area contributed by atoms with Gasteiger partial charge in [0.1, 0.15) is 0 Å². The molecule has 20 heavy (non-hydrogen) atoms. The molecule has 0 aliphatic heterocycles. The van der Waals surface area contributed by atoms with E-state index in [-0.39, 0.29) is 24.8 Å². The zero-order chi connectivity index (χ0) is 15.2. The Morgan fingerprint density at radius 1 is 1.40 bits per heavy atom. The molecule has 6 nitrogen and oxygen atoms in total. The van der Waals surface area contributed by atoms with Gasteiger partial charge >= 0.3 is 0 Å². The molecule has 0 radical (unpaired) electrons. The molecule has 1 rings (SSSR count). The van der Waals surface area contributed by atoms with Crippen LogP contribution in [0.5, 0.6) is 0 Å². The lowest BCUT2D eigenvalue weighted by atomic mass is 9.97. The van der Waals surface area contributed by atoms with Gasteiger partial charge in [-0.3, -0.25) is 4.79 Å². The van der Waals surface area contributed by atoms with E-state index in [1.165, 1.54) is 0 Å². The topological polar surface area (TPSA) is 88.2 Å².